The molecule has 1 aromatic carbocycles. The van der Waals surface area contributed by atoms with Crippen LogP contribution in [0.2, 0.25) is 5.02 Å². The fraction of sp³-hybridized carbons (Fsp3) is 0.368. The lowest BCUT2D eigenvalue weighted by molar-refractivity contribution is 0.0602. The summed E-state index contributed by atoms with van der Waals surface area (Å²) in [6.07, 6.45) is 0. The molecule has 1 aliphatic heterocycles. The second-order valence-corrected chi connectivity index (χ2v) is 8.57. The van der Waals surface area contributed by atoms with E-state index in [4.69, 9.17) is 28.6 Å². The lowest BCUT2D eigenvalue weighted by Gasteiger charge is -2.36. The zero-order valence-electron chi connectivity index (χ0n) is 15.6. The van der Waals surface area contributed by atoms with E-state index in [-0.39, 0.29) is 11.8 Å². The van der Waals surface area contributed by atoms with Crippen molar-refractivity contribution in [1.82, 2.24) is 9.80 Å². The van der Waals surface area contributed by atoms with Crippen molar-refractivity contribution in [2.45, 2.75) is 13.5 Å². The third-order valence-corrected chi connectivity index (χ3v) is 6.23. The maximum atomic E-state index is 13.2. The molecule has 1 aromatic heterocycles. The van der Waals surface area contributed by atoms with Crippen LogP contribution in [0.25, 0.3) is 0 Å². The molecule has 1 saturated heterocycles. The van der Waals surface area contributed by atoms with Gasteiger partial charge in [-0.3, -0.25) is 4.90 Å². The van der Waals surface area contributed by atoms with Crippen molar-refractivity contribution in [2.75, 3.05) is 38.6 Å². The molecule has 1 fully saturated rings. The van der Waals surface area contributed by atoms with Crippen LogP contribution in [0.5, 0.6) is 0 Å². The van der Waals surface area contributed by atoms with Crippen LogP contribution in [0.1, 0.15) is 20.8 Å². The van der Waals surface area contributed by atoms with Crippen LogP contribution in [0.3, 0.4) is 0 Å². The molecule has 0 saturated carbocycles. The molecular formula is C19H21ClFN3O2S2. The molecule has 150 valence electrons. The minimum absolute atomic E-state index is 0.329. The predicted octanol–water partition coefficient (Wildman–Crippen LogP) is 4.15. The summed E-state index contributed by atoms with van der Waals surface area (Å²) in [4.78, 5) is 17.3. The van der Waals surface area contributed by atoms with Gasteiger partial charge in [-0.25, -0.2) is 9.18 Å². The zero-order chi connectivity index (χ0) is 20.3. The number of anilines is 1. The van der Waals surface area contributed by atoms with Gasteiger partial charge < -0.3 is 15.0 Å². The maximum absolute atomic E-state index is 13.2. The first-order chi connectivity index (χ1) is 13.4. The van der Waals surface area contributed by atoms with Gasteiger partial charge in [0.1, 0.15) is 10.8 Å². The summed E-state index contributed by atoms with van der Waals surface area (Å²) in [6, 6.07) is 6.29. The molecule has 0 unspecified atom stereocenters. The molecule has 3 rings (SSSR count). The summed E-state index contributed by atoms with van der Waals surface area (Å²) < 4.78 is 18.0. The quantitative estimate of drug-likeness (QED) is 0.568. The number of hydrogen-bond acceptors (Lipinski definition) is 5. The first-order valence-electron chi connectivity index (χ1n) is 8.78. The highest BCUT2D eigenvalue weighted by molar-refractivity contribution is 7.80. The van der Waals surface area contributed by atoms with E-state index >= 15 is 0 Å². The number of esters is 1. The van der Waals surface area contributed by atoms with Crippen LogP contribution in [0.4, 0.5) is 9.39 Å². The molecule has 2 aromatic rings. The smallest absolute Gasteiger partial charge is 0.340 e. The van der Waals surface area contributed by atoms with Crippen molar-refractivity contribution < 1.29 is 13.9 Å². The molecule has 9 heteroatoms. The van der Waals surface area contributed by atoms with Gasteiger partial charge in [0.05, 0.1) is 12.7 Å². The van der Waals surface area contributed by atoms with E-state index in [0.29, 0.717) is 27.2 Å². The number of carbonyl (C=O) groups is 1. The Balaban J connectivity index is 1.56. The van der Waals surface area contributed by atoms with Crippen molar-refractivity contribution in [2.24, 2.45) is 0 Å². The number of halogens is 2. The van der Waals surface area contributed by atoms with Gasteiger partial charge in [0.2, 0.25) is 0 Å². The second kappa shape index (κ2) is 9.17. The monoisotopic (exact) mass is 441 g/mol. The highest BCUT2D eigenvalue weighted by Gasteiger charge is 2.22. The van der Waals surface area contributed by atoms with Gasteiger partial charge in [0.15, 0.2) is 5.11 Å². The fourth-order valence-corrected chi connectivity index (χ4v) is 4.52. The van der Waals surface area contributed by atoms with E-state index in [1.54, 1.807) is 12.1 Å². The van der Waals surface area contributed by atoms with Crippen LogP contribution < -0.4 is 5.32 Å². The van der Waals surface area contributed by atoms with Gasteiger partial charge in [0.25, 0.3) is 0 Å². The van der Waals surface area contributed by atoms with Crippen molar-refractivity contribution in [3.05, 3.63) is 51.1 Å². The largest absolute Gasteiger partial charge is 0.465 e. The predicted molar refractivity (Wildman–Crippen MR) is 115 cm³/mol. The fourth-order valence-electron chi connectivity index (χ4n) is 3.04. The number of thiophene rings is 1. The first-order valence-corrected chi connectivity index (χ1v) is 10.4. The number of nitrogens with one attached hydrogen (secondary N) is 1. The lowest BCUT2D eigenvalue weighted by atomic mass is 10.2. The number of methoxy groups -OCH3 is 1. The average Bonchev–Trinajstić information content (AvgIpc) is 3.04. The maximum Gasteiger partial charge on any atom is 0.340 e. The van der Waals surface area contributed by atoms with Crippen LogP contribution in [-0.2, 0) is 11.3 Å². The Morgan fingerprint density at radius 2 is 2.04 bits per heavy atom. The summed E-state index contributed by atoms with van der Waals surface area (Å²) in [5.41, 5.74) is 1.41. The van der Waals surface area contributed by atoms with Gasteiger partial charge in [-0.2, -0.15) is 0 Å². The number of carbonyl (C=O) groups excluding carboxylic acids is 1. The molecule has 1 aliphatic rings. The molecule has 0 amide bonds. The Kier molecular flexibility index (Phi) is 6.87. The number of rotatable bonds is 4. The number of aryl methyl sites for hydroxylation is 1. The lowest BCUT2D eigenvalue weighted by Crippen LogP contribution is -2.49. The molecule has 1 N–H and O–H groups in total. The average molecular weight is 442 g/mol. The summed E-state index contributed by atoms with van der Waals surface area (Å²) in [5, 5.41) is 4.93. The summed E-state index contributed by atoms with van der Waals surface area (Å²) in [5.74, 6) is -0.708. The van der Waals surface area contributed by atoms with Gasteiger partial charge >= 0.3 is 5.97 Å². The number of benzene rings is 1. The van der Waals surface area contributed by atoms with Crippen molar-refractivity contribution in [3.8, 4) is 0 Å². The van der Waals surface area contributed by atoms with Crippen LogP contribution in [0.15, 0.2) is 24.3 Å². The molecule has 2 heterocycles. The first kappa shape index (κ1) is 21.0. The molecule has 0 radical (unpaired) electrons. The van der Waals surface area contributed by atoms with Crippen molar-refractivity contribution in [3.63, 3.8) is 0 Å². The number of nitrogens with zero attached hydrogens (tertiary/aromatic N) is 2. The third-order valence-electron chi connectivity index (χ3n) is 4.55. The van der Waals surface area contributed by atoms with Crippen LogP contribution in [-0.4, -0.2) is 54.2 Å². The van der Waals surface area contributed by atoms with Gasteiger partial charge in [-0.1, -0.05) is 17.7 Å². The highest BCUT2D eigenvalue weighted by atomic mass is 35.5. The van der Waals surface area contributed by atoms with E-state index in [0.717, 1.165) is 36.6 Å². The molecule has 0 aliphatic carbocycles. The summed E-state index contributed by atoms with van der Waals surface area (Å²) in [6.45, 7) is 5.73. The zero-order valence-corrected chi connectivity index (χ0v) is 18.0. The van der Waals surface area contributed by atoms with E-state index in [2.05, 4.69) is 15.1 Å². The molecule has 0 spiro atoms. The second-order valence-electron chi connectivity index (χ2n) is 6.52. The minimum Gasteiger partial charge on any atom is -0.465 e. The molecule has 5 nitrogen and oxygen atoms in total. The third kappa shape index (κ3) is 5.00. The molecule has 0 bridgehead atoms. The van der Waals surface area contributed by atoms with Gasteiger partial charge in [-0.15, -0.1) is 11.3 Å². The van der Waals surface area contributed by atoms with Gasteiger partial charge in [-0.05, 0) is 42.9 Å². The van der Waals surface area contributed by atoms with E-state index in [1.807, 2.05) is 6.92 Å². The Morgan fingerprint density at radius 3 is 2.68 bits per heavy atom. The Labute approximate surface area is 178 Å². The minimum atomic E-state index is -0.379. The van der Waals surface area contributed by atoms with E-state index in [1.165, 1.54) is 30.6 Å². The number of hydrogen-bond donors (Lipinski definition) is 1. The SMILES string of the molecule is COC(=O)c1cc(C)sc1NC(=S)N1CCN(Cc2ccc(F)cc2Cl)CC1. The summed E-state index contributed by atoms with van der Waals surface area (Å²) >= 11 is 13.1. The number of thiocarbonyl (C=S) groups is 1. The Morgan fingerprint density at radius 1 is 1.32 bits per heavy atom. The van der Waals surface area contributed by atoms with Crippen molar-refractivity contribution in [1.29, 1.82) is 0 Å². The Hall–Kier alpha value is -1.74. The van der Waals surface area contributed by atoms with Crippen LogP contribution >= 0.6 is 35.2 Å². The van der Waals surface area contributed by atoms with Crippen LogP contribution in [0, 0.1) is 12.7 Å². The van der Waals surface area contributed by atoms with Crippen molar-refractivity contribution >= 4 is 51.2 Å². The highest BCUT2D eigenvalue weighted by Crippen LogP contribution is 2.28. The molecular weight excluding hydrogens is 421 g/mol. The normalized spacial score (nSPS) is 14.8. The molecule has 28 heavy (non-hydrogen) atoms. The van der Waals surface area contributed by atoms with Gasteiger partial charge in [0, 0.05) is 42.6 Å². The Bertz CT molecular complexity index is 882. The topological polar surface area (TPSA) is 44.8 Å². The standard InChI is InChI=1S/C19H21ClFN3O2S2/c1-12-9-15(18(25)26-2)17(28-12)22-19(27)24-7-5-23(6-8-24)11-13-3-4-14(21)10-16(13)20/h3-4,9-10H,5-8,11H2,1-2H3,(H,22,27). The summed E-state index contributed by atoms with van der Waals surface area (Å²) in [7, 11) is 1.37. The number of ether oxygens (including phenoxy) is 1. The number of piperazine rings is 1. The van der Waals surface area contributed by atoms with E-state index in [9.17, 15) is 9.18 Å². The van der Waals surface area contributed by atoms with E-state index < -0.39 is 0 Å². The molecule has 0 atom stereocenters.